The van der Waals surface area contributed by atoms with Crippen LogP contribution in [-0.4, -0.2) is 17.1 Å². The Hall–Kier alpha value is -2.01. The van der Waals surface area contributed by atoms with Crippen LogP contribution in [0.4, 0.5) is 5.13 Å². The van der Waals surface area contributed by atoms with E-state index in [1.165, 1.54) is 16.9 Å². The van der Waals surface area contributed by atoms with Crippen molar-refractivity contribution in [3.05, 3.63) is 52.5 Å². The minimum Gasteiger partial charge on any atom is -0.375 e. The van der Waals surface area contributed by atoms with Gasteiger partial charge in [-0.3, -0.25) is 0 Å². The molecule has 0 radical (unpaired) electrons. The Morgan fingerprint density at radius 1 is 1.25 bits per heavy atom. The molecule has 1 aliphatic rings. The zero-order valence-electron chi connectivity index (χ0n) is 14.3. The molecule has 0 bridgehead atoms. The lowest BCUT2D eigenvalue weighted by Gasteiger charge is -2.25. The molecule has 4 nitrogen and oxygen atoms in total. The van der Waals surface area contributed by atoms with E-state index in [1.807, 2.05) is 6.07 Å². The van der Waals surface area contributed by atoms with Crippen LogP contribution in [-0.2, 0) is 12.8 Å². The van der Waals surface area contributed by atoms with Gasteiger partial charge in [0.2, 0.25) is 0 Å². The number of hydrogen-bond donors (Lipinski definition) is 1. The molecule has 2 heterocycles. The minimum absolute atomic E-state index is 0.324. The SMILES string of the molecule is CCCCc1sc(N)nc1C1=CC(C)(Cc2ccccc2)N=NC1. The Morgan fingerprint density at radius 3 is 2.79 bits per heavy atom. The van der Waals surface area contributed by atoms with E-state index in [2.05, 4.69) is 59.4 Å². The summed E-state index contributed by atoms with van der Waals surface area (Å²) in [6.07, 6.45) is 6.43. The summed E-state index contributed by atoms with van der Waals surface area (Å²) in [4.78, 5) is 5.86. The number of nitrogen functional groups attached to an aromatic ring is 1. The lowest BCUT2D eigenvalue weighted by atomic mass is 9.89. The van der Waals surface area contributed by atoms with E-state index in [-0.39, 0.29) is 5.54 Å². The third-order valence-corrected chi connectivity index (χ3v) is 5.15. The van der Waals surface area contributed by atoms with Crippen molar-refractivity contribution in [2.45, 2.75) is 45.1 Å². The molecular weight excluding hydrogens is 316 g/mol. The van der Waals surface area contributed by atoms with Gasteiger partial charge in [0.25, 0.3) is 0 Å². The largest absolute Gasteiger partial charge is 0.375 e. The van der Waals surface area contributed by atoms with Gasteiger partial charge in [0.05, 0.1) is 12.2 Å². The summed E-state index contributed by atoms with van der Waals surface area (Å²) in [5.74, 6) is 0. The highest BCUT2D eigenvalue weighted by Crippen LogP contribution is 2.33. The Morgan fingerprint density at radius 2 is 2.04 bits per heavy atom. The van der Waals surface area contributed by atoms with Crippen molar-refractivity contribution in [2.24, 2.45) is 10.2 Å². The van der Waals surface area contributed by atoms with Crippen LogP contribution in [0.15, 0.2) is 46.6 Å². The van der Waals surface area contributed by atoms with Gasteiger partial charge in [0.1, 0.15) is 5.54 Å². The highest BCUT2D eigenvalue weighted by atomic mass is 32.1. The number of aromatic nitrogens is 1. The molecule has 0 fully saturated rings. The standard InChI is InChI=1S/C19H24N4S/c1-3-4-10-16-17(22-18(20)24-16)15-12-19(2,23-21-13-15)11-14-8-6-5-7-9-14/h5-9,12H,3-4,10-11,13H2,1-2H3,(H2,20,22). The van der Waals surface area contributed by atoms with Crippen molar-refractivity contribution in [3.8, 4) is 0 Å². The van der Waals surface area contributed by atoms with Crippen molar-refractivity contribution < 1.29 is 0 Å². The molecule has 1 unspecified atom stereocenters. The van der Waals surface area contributed by atoms with Crippen LogP contribution in [0.1, 0.15) is 42.8 Å². The molecule has 126 valence electrons. The average molecular weight is 340 g/mol. The number of aryl methyl sites for hydroxylation is 1. The first kappa shape index (κ1) is 16.8. The third-order valence-electron chi connectivity index (χ3n) is 4.21. The second-order valence-electron chi connectivity index (χ2n) is 6.52. The van der Waals surface area contributed by atoms with Crippen molar-refractivity contribution in [1.82, 2.24) is 4.98 Å². The summed E-state index contributed by atoms with van der Waals surface area (Å²) < 4.78 is 0. The van der Waals surface area contributed by atoms with Crippen LogP contribution in [0.3, 0.4) is 0 Å². The number of azo groups is 1. The highest BCUT2D eigenvalue weighted by molar-refractivity contribution is 7.15. The predicted octanol–water partition coefficient (Wildman–Crippen LogP) is 4.92. The summed E-state index contributed by atoms with van der Waals surface area (Å²) >= 11 is 1.61. The molecular formula is C19H24N4S. The van der Waals surface area contributed by atoms with Crippen LogP contribution < -0.4 is 5.73 Å². The summed E-state index contributed by atoms with van der Waals surface area (Å²) in [5, 5.41) is 9.56. The van der Waals surface area contributed by atoms with E-state index >= 15 is 0 Å². The first-order valence-corrected chi connectivity index (χ1v) is 9.31. The Balaban J connectivity index is 1.87. The molecule has 0 amide bonds. The van der Waals surface area contributed by atoms with Gasteiger partial charge in [0, 0.05) is 16.9 Å². The van der Waals surface area contributed by atoms with Gasteiger partial charge in [-0.1, -0.05) is 43.7 Å². The van der Waals surface area contributed by atoms with Gasteiger partial charge >= 0.3 is 0 Å². The van der Waals surface area contributed by atoms with E-state index < -0.39 is 0 Å². The fraction of sp³-hybridized carbons (Fsp3) is 0.421. The molecule has 1 atom stereocenters. The predicted molar refractivity (Wildman–Crippen MR) is 101 cm³/mol. The maximum atomic E-state index is 5.98. The zero-order chi connectivity index (χ0) is 17.0. The van der Waals surface area contributed by atoms with Crippen molar-refractivity contribution in [2.75, 3.05) is 12.3 Å². The molecule has 1 aromatic heterocycles. The first-order chi connectivity index (χ1) is 11.6. The molecule has 24 heavy (non-hydrogen) atoms. The Bertz CT molecular complexity index is 748. The molecule has 0 spiro atoms. The van der Waals surface area contributed by atoms with E-state index in [4.69, 9.17) is 5.73 Å². The lowest BCUT2D eigenvalue weighted by Crippen LogP contribution is -2.25. The van der Waals surface area contributed by atoms with Crippen molar-refractivity contribution in [1.29, 1.82) is 0 Å². The normalized spacial score (nSPS) is 20.2. The second-order valence-corrected chi connectivity index (χ2v) is 7.63. The number of thiazole rings is 1. The number of rotatable bonds is 6. The molecule has 1 aromatic carbocycles. The molecule has 0 saturated heterocycles. The smallest absolute Gasteiger partial charge is 0.180 e. The topological polar surface area (TPSA) is 63.6 Å². The Kier molecular flexibility index (Phi) is 5.09. The van der Waals surface area contributed by atoms with Gasteiger partial charge in [-0.05, 0) is 31.4 Å². The van der Waals surface area contributed by atoms with Crippen molar-refractivity contribution in [3.63, 3.8) is 0 Å². The van der Waals surface area contributed by atoms with Crippen LogP contribution in [0.2, 0.25) is 0 Å². The number of nitrogens with zero attached hydrogens (tertiary/aromatic N) is 3. The third kappa shape index (κ3) is 3.90. The second kappa shape index (κ2) is 7.26. The quantitative estimate of drug-likeness (QED) is 0.811. The van der Waals surface area contributed by atoms with Crippen LogP contribution in [0.5, 0.6) is 0 Å². The molecule has 0 saturated carbocycles. The average Bonchev–Trinajstić information content (AvgIpc) is 2.94. The number of benzene rings is 1. The van der Waals surface area contributed by atoms with Gasteiger partial charge in [-0.25, -0.2) is 4.98 Å². The van der Waals surface area contributed by atoms with Crippen LogP contribution >= 0.6 is 11.3 Å². The summed E-state index contributed by atoms with van der Waals surface area (Å²) in [6, 6.07) is 10.4. The minimum atomic E-state index is -0.324. The fourth-order valence-electron chi connectivity index (χ4n) is 3.09. The molecule has 0 aliphatic carbocycles. The maximum Gasteiger partial charge on any atom is 0.180 e. The fourth-order valence-corrected chi connectivity index (χ4v) is 4.00. The molecule has 5 heteroatoms. The summed E-state index contributed by atoms with van der Waals surface area (Å²) in [7, 11) is 0. The monoisotopic (exact) mass is 340 g/mol. The van der Waals surface area contributed by atoms with Crippen LogP contribution in [0, 0.1) is 0 Å². The highest BCUT2D eigenvalue weighted by Gasteiger charge is 2.27. The van der Waals surface area contributed by atoms with Gasteiger partial charge < -0.3 is 5.73 Å². The molecule has 2 N–H and O–H groups in total. The van der Waals surface area contributed by atoms with E-state index in [0.717, 1.165) is 30.5 Å². The van der Waals surface area contributed by atoms with Crippen LogP contribution in [0.25, 0.3) is 5.57 Å². The Labute approximate surface area is 147 Å². The zero-order valence-corrected chi connectivity index (χ0v) is 15.1. The number of nitrogens with two attached hydrogens (primary N) is 1. The molecule has 2 aromatic rings. The summed E-state index contributed by atoms with van der Waals surface area (Å²) in [5.41, 5.74) is 9.10. The number of unbranched alkanes of at least 4 members (excludes halogenated alkanes) is 1. The van der Waals surface area contributed by atoms with Crippen molar-refractivity contribution >= 4 is 22.0 Å². The number of anilines is 1. The molecule has 1 aliphatic heterocycles. The summed E-state index contributed by atoms with van der Waals surface area (Å²) in [6.45, 7) is 4.92. The maximum absolute atomic E-state index is 5.98. The molecule has 3 rings (SSSR count). The lowest BCUT2D eigenvalue weighted by molar-refractivity contribution is 0.537. The first-order valence-electron chi connectivity index (χ1n) is 8.49. The number of hydrogen-bond acceptors (Lipinski definition) is 5. The van der Waals surface area contributed by atoms with E-state index in [0.29, 0.717) is 11.7 Å². The van der Waals surface area contributed by atoms with Gasteiger partial charge in [0.15, 0.2) is 5.13 Å². The van der Waals surface area contributed by atoms with Gasteiger partial charge in [-0.15, -0.1) is 11.3 Å². The van der Waals surface area contributed by atoms with E-state index in [9.17, 15) is 0 Å². The van der Waals surface area contributed by atoms with Gasteiger partial charge in [-0.2, -0.15) is 10.2 Å². The van der Waals surface area contributed by atoms with E-state index in [1.54, 1.807) is 11.3 Å².